The monoisotopic (exact) mass is 378 g/mol. The summed E-state index contributed by atoms with van der Waals surface area (Å²) in [5, 5.41) is 3.50. The van der Waals surface area contributed by atoms with E-state index >= 15 is 0 Å². The number of nitrogens with zero attached hydrogens (tertiary/aromatic N) is 5. The summed E-state index contributed by atoms with van der Waals surface area (Å²) >= 11 is 0. The largest absolute Gasteiger partial charge is 0.366 e. The SMILES string of the molecule is C[C@@H]1CCCc2ncc(F)cc2[C@H]2CCCN2c2ccc3ncnc(c3n2)N1. The van der Waals surface area contributed by atoms with Gasteiger partial charge in [-0.3, -0.25) is 4.98 Å². The third-order valence-electron chi connectivity index (χ3n) is 5.78. The molecular formula is C21H23FN6. The van der Waals surface area contributed by atoms with E-state index in [1.54, 1.807) is 12.4 Å². The number of rotatable bonds is 0. The van der Waals surface area contributed by atoms with Gasteiger partial charge in [-0.2, -0.15) is 0 Å². The molecule has 1 fully saturated rings. The highest BCUT2D eigenvalue weighted by molar-refractivity contribution is 5.86. The first-order valence-electron chi connectivity index (χ1n) is 9.98. The minimum absolute atomic E-state index is 0.0994. The van der Waals surface area contributed by atoms with Crippen molar-refractivity contribution in [1.29, 1.82) is 0 Å². The zero-order valence-corrected chi connectivity index (χ0v) is 15.9. The van der Waals surface area contributed by atoms with Crippen LogP contribution in [0.1, 0.15) is 49.9 Å². The first-order chi connectivity index (χ1) is 13.7. The molecule has 2 aliphatic rings. The molecule has 0 saturated carbocycles. The molecule has 144 valence electrons. The van der Waals surface area contributed by atoms with Crippen LogP contribution in [0.3, 0.4) is 0 Å². The molecule has 7 heteroatoms. The van der Waals surface area contributed by atoms with Crippen molar-refractivity contribution >= 4 is 22.7 Å². The van der Waals surface area contributed by atoms with Gasteiger partial charge < -0.3 is 10.2 Å². The molecule has 2 aliphatic heterocycles. The Hall–Kier alpha value is -2.83. The first kappa shape index (κ1) is 17.3. The fourth-order valence-electron chi connectivity index (χ4n) is 4.42. The van der Waals surface area contributed by atoms with E-state index in [4.69, 9.17) is 4.98 Å². The maximum Gasteiger partial charge on any atom is 0.156 e. The van der Waals surface area contributed by atoms with Gasteiger partial charge in [0.15, 0.2) is 5.82 Å². The minimum Gasteiger partial charge on any atom is -0.366 e. The molecule has 3 aromatic heterocycles. The summed E-state index contributed by atoms with van der Waals surface area (Å²) in [6.45, 7) is 3.04. The molecule has 0 aromatic carbocycles. The van der Waals surface area contributed by atoms with Crippen LogP contribution in [-0.2, 0) is 6.42 Å². The lowest BCUT2D eigenvalue weighted by Gasteiger charge is -2.27. The summed E-state index contributed by atoms with van der Waals surface area (Å²) in [4.78, 5) is 20.5. The van der Waals surface area contributed by atoms with Gasteiger partial charge in [0.05, 0.1) is 17.8 Å². The van der Waals surface area contributed by atoms with Gasteiger partial charge in [-0.25, -0.2) is 19.3 Å². The fourth-order valence-corrected chi connectivity index (χ4v) is 4.42. The number of hydrogen-bond acceptors (Lipinski definition) is 6. The highest BCUT2D eigenvalue weighted by Gasteiger charge is 2.30. The minimum atomic E-state index is -0.271. The molecule has 5 rings (SSSR count). The van der Waals surface area contributed by atoms with E-state index < -0.39 is 0 Å². The molecule has 2 bridgehead atoms. The number of nitrogens with one attached hydrogen (secondary N) is 1. The van der Waals surface area contributed by atoms with Crippen molar-refractivity contribution in [2.24, 2.45) is 0 Å². The Morgan fingerprint density at radius 3 is 3.00 bits per heavy atom. The Labute approximate surface area is 163 Å². The van der Waals surface area contributed by atoms with Crippen molar-refractivity contribution in [2.45, 2.75) is 51.1 Å². The number of fused-ring (bicyclic) bond motifs is 5. The zero-order valence-electron chi connectivity index (χ0n) is 15.9. The molecule has 0 aliphatic carbocycles. The number of aromatic nitrogens is 4. The van der Waals surface area contributed by atoms with Crippen LogP contribution in [0.15, 0.2) is 30.7 Å². The highest BCUT2D eigenvalue weighted by atomic mass is 19.1. The second kappa shape index (κ2) is 6.96. The quantitative estimate of drug-likeness (QED) is 0.637. The Balaban J connectivity index is 1.67. The molecule has 2 atom stereocenters. The number of halogens is 1. The molecule has 0 radical (unpaired) electrons. The molecule has 6 nitrogen and oxygen atoms in total. The smallest absolute Gasteiger partial charge is 0.156 e. The Bertz CT molecular complexity index is 1020. The van der Waals surface area contributed by atoms with E-state index in [0.717, 1.165) is 72.6 Å². The van der Waals surface area contributed by atoms with E-state index in [-0.39, 0.29) is 17.9 Å². The Kier molecular flexibility index (Phi) is 4.30. The van der Waals surface area contributed by atoms with E-state index in [9.17, 15) is 4.39 Å². The van der Waals surface area contributed by atoms with E-state index in [2.05, 4.69) is 32.1 Å². The molecular weight excluding hydrogens is 355 g/mol. The summed E-state index contributed by atoms with van der Waals surface area (Å²) in [6.07, 6.45) is 7.74. The molecule has 28 heavy (non-hydrogen) atoms. The lowest BCUT2D eigenvalue weighted by Crippen LogP contribution is -2.25. The zero-order chi connectivity index (χ0) is 19.1. The van der Waals surface area contributed by atoms with Crippen LogP contribution in [0.2, 0.25) is 0 Å². The van der Waals surface area contributed by atoms with Crippen LogP contribution in [0.5, 0.6) is 0 Å². The molecule has 1 N–H and O–H groups in total. The topological polar surface area (TPSA) is 66.8 Å². The summed E-state index contributed by atoms with van der Waals surface area (Å²) in [5.74, 6) is 1.39. The van der Waals surface area contributed by atoms with Gasteiger partial charge in [-0.15, -0.1) is 0 Å². The number of aryl methyl sites for hydroxylation is 1. The molecule has 0 amide bonds. The molecule has 5 heterocycles. The summed E-state index contributed by atoms with van der Waals surface area (Å²) in [5.41, 5.74) is 3.62. The van der Waals surface area contributed by atoms with Crippen molar-refractivity contribution < 1.29 is 4.39 Å². The standard InChI is InChI=1S/C21H23FN6/c1-13-4-2-5-16-15(10-14(22)11-23-16)18-6-3-9-28(18)19-8-7-17-20(27-19)21(26-13)25-12-24-17/h7-8,10-13,18H,2-6,9H2,1H3,(H,24,25,26)/t13-,18-/m1/s1. The van der Waals surface area contributed by atoms with Crippen LogP contribution >= 0.6 is 0 Å². The van der Waals surface area contributed by atoms with Gasteiger partial charge in [0.1, 0.15) is 23.5 Å². The highest BCUT2D eigenvalue weighted by Crippen LogP contribution is 2.38. The fraction of sp³-hybridized carbons (Fsp3) is 0.429. The van der Waals surface area contributed by atoms with Crippen molar-refractivity contribution in [3.8, 4) is 0 Å². The summed E-state index contributed by atoms with van der Waals surface area (Å²) in [6, 6.07) is 6.01. The number of hydrogen-bond donors (Lipinski definition) is 1. The van der Waals surface area contributed by atoms with Crippen LogP contribution < -0.4 is 10.2 Å². The van der Waals surface area contributed by atoms with E-state index in [1.807, 2.05) is 12.1 Å². The van der Waals surface area contributed by atoms with Gasteiger partial charge in [0, 0.05) is 18.3 Å². The van der Waals surface area contributed by atoms with Gasteiger partial charge >= 0.3 is 0 Å². The Morgan fingerprint density at radius 1 is 1.14 bits per heavy atom. The van der Waals surface area contributed by atoms with Crippen LogP contribution in [-0.4, -0.2) is 32.5 Å². The van der Waals surface area contributed by atoms with Crippen molar-refractivity contribution in [3.63, 3.8) is 0 Å². The average Bonchev–Trinajstić information content (AvgIpc) is 3.18. The van der Waals surface area contributed by atoms with Crippen molar-refractivity contribution in [1.82, 2.24) is 19.9 Å². The predicted octanol–water partition coefficient (Wildman–Crippen LogP) is 4.04. The molecule has 0 unspecified atom stereocenters. The lowest BCUT2D eigenvalue weighted by atomic mass is 9.98. The third-order valence-corrected chi connectivity index (χ3v) is 5.78. The average molecular weight is 378 g/mol. The van der Waals surface area contributed by atoms with Gasteiger partial charge in [0.2, 0.25) is 0 Å². The van der Waals surface area contributed by atoms with Gasteiger partial charge in [-0.05, 0) is 62.8 Å². The normalized spacial score (nSPS) is 22.0. The van der Waals surface area contributed by atoms with Crippen LogP contribution in [0.4, 0.5) is 16.0 Å². The lowest BCUT2D eigenvalue weighted by molar-refractivity contribution is 0.596. The van der Waals surface area contributed by atoms with E-state index in [0.29, 0.717) is 0 Å². The van der Waals surface area contributed by atoms with Crippen LogP contribution in [0.25, 0.3) is 11.0 Å². The summed E-state index contributed by atoms with van der Waals surface area (Å²) in [7, 11) is 0. The molecule has 3 aromatic rings. The van der Waals surface area contributed by atoms with Crippen molar-refractivity contribution in [2.75, 3.05) is 16.8 Å². The number of pyridine rings is 2. The predicted molar refractivity (Wildman–Crippen MR) is 107 cm³/mol. The van der Waals surface area contributed by atoms with Gasteiger partial charge in [0.25, 0.3) is 0 Å². The number of anilines is 2. The molecule has 0 spiro atoms. The maximum atomic E-state index is 14.1. The van der Waals surface area contributed by atoms with E-state index in [1.165, 1.54) is 6.20 Å². The molecule has 1 saturated heterocycles. The van der Waals surface area contributed by atoms with Crippen LogP contribution in [0, 0.1) is 5.82 Å². The summed E-state index contributed by atoms with van der Waals surface area (Å²) < 4.78 is 14.1. The maximum absolute atomic E-state index is 14.1. The van der Waals surface area contributed by atoms with Crippen molar-refractivity contribution in [3.05, 3.63) is 47.8 Å². The van der Waals surface area contributed by atoms with Gasteiger partial charge in [-0.1, -0.05) is 0 Å². The second-order valence-electron chi connectivity index (χ2n) is 7.74. The Morgan fingerprint density at radius 2 is 2.07 bits per heavy atom. The third kappa shape index (κ3) is 3.04. The first-order valence-corrected chi connectivity index (χ1v) is 9.98. The second-order valence-corrected chi connectivity index (χ2v) is 7.74.